The molecule has 0 saturated heterocycles. The van der Waals surface area contributed by atoms with Crippen molar-refractivity contribution in [2.24, 2.45) is 0 Å². The van der Waals surface area contributed by atoms with E-state index in [1.165, 1.54) is 16.7 Å². The number of benzene rings is 1. The summed E-state index contributed by atoms with van der Waals surface area (Å²) >= 11 is 0. The average molecular weight is 220 g/mol. The maximum Gasteiger partial charge on any atom is 0.00768 e. The summed E-state index contributed by atoms with van der Waals surface area (Å²) in [7, 11) is 0. The zero-order valence-electron chi connectivity index (χ0n) is 10.8. The van der Waals surface area contributed by atoms with Crippen LogP contribution in [0.3, 0.4) is 0 Å². The van der Waals surface area contributed by atoms with Gasteiger partial charge in [-0.1, -0.05) is 30.7 Å². The Morgan fingerprint density at radius 2 is 1.75 bits per heavy atom. The van der Waals surface area contributed by atoms with Gasteiger partial charge in [-0.2, -0.15) is 0 Å². The average Bonchev–Trinajstić information content (AvgIpc) is 2.26. The summed E-state index contributed by atoms with van der Waals surface area (Å²) in [5.74, 6) is 0. The third-order valence-corrected chi connectivity index (χ3v) is 2.80. The van der Waals surface area contributed by atoms with Crippen LogP contribution in [0.25, 0.3) is 0 Å². The summed E-state index contributed by atoms with van der Waals surface area (Å²) in [5.41, 5.74) is 4.22. The topological polar surface area (TPSA) is 24.1 Å². The van der Waals surface area contributed by atoms with Gasteiger partial charge in [-0.05, 0) is 44.5 Å². The van der Waals surface area contributed by atoms with Crippen LogP contribution in [0.4, 0.5) is 0 Å². The second kappa shape index (κ2) is 7.42. The normalized spacial score (nSPS) is 10.7. The Morgan fingerprint density at radius 1 is 1.00 bits per heavy atom. The molecule has 2 heteroatoms. The Hall–Kier alpha value is -0.860. The number of aryl methyl sites for hydroxylation is 2. The van der Waals surface area contributed by atoms with Gasteiger partial charge in [-0.25, -0.2) is 0 Å². The fourth-order valence-corrected chi connectivity index (χ4v) is 1.83. The molecule has 0 aliphatic rings. The molecule has 0 fully saturated rings. The van der Waals surface area contributed by atoms with Crippen molar-refractivity contribution in [3.8, 4) is 0 Å². The smallest absolute Gasteiger partial charge is 0.00768 e. The van der Waals surface area contributed by atoms with Gasteiger partial charge in [-0.15, -0.1) is 0 Å². The van der Waals surface area contributed by atoms with Crippen LogP contribution < -0.4 is 10.6 Å². The summed E-state index contributed by atoms with van der Waals surface area (Å²) < 4.78 is 0. The lowest BCUT2D eigenvalue weighted by Gasteiger charge is -2.08. The van der Waals surface area contributed by atoms with E-state index < -0.39 is 0 Å². The largest absolute Gasteiger partial charge is 0.316 e. The van der Waals surface area contributed by atoms with Gasteiger partial charge < -0.3 is 10.6 Å². The van der Waals surface area contributed by atoms with Crippen molar-refractivity contribution in [3.05, 3.63) is 34.9 Å². The summed E-state index contributed by atoms with van der Waals surface area (Å²) in [6, 6.07) is 6.70. The summed E-state index contributed by atoms with van der Waals surface area (Å²) in [4.78, 5) is 0. The first-order valence-electron chi connectivity index (χ1n) is 6.21. The minimum absolute atomic E-state index is 1.05. The van der Waals surface area contributed by atoms with Crippen molar-refractivity contribution in [2.75, 3.05) is 26.2 Å². The molecule has 0 aromatic heterocycles. The molecule has 0 unspecified atom stereocenters. The van der Waals surface area contributed by atoms with E-state index in [0.29, 0.717) is 0 Å². The number of hydrogen-bond donors (Lipinski definition) is 2. The van der Waals surface area contributed by atoms with Crippen LogP contribution in [0, 0.1) is 13.8 Å². The predicted molar refractivity (Wildman–Crippen MR) is 71.0 cm³/mol. The van der Waals surface area contributed by atoms with E-state index in [-0.39, 0.29) is 0 Å². The Kier molecular flexibility index (Phi) is 6.12. The minimum Gasteiger partial charge on any atom is -0.316 e. The Labute approximate surface area is 99.5 Å². The van der Waals surface area contributed by atoms with Crippen LogP contribution in [0.5, 0.6) is 0 Å². The molecule has 16 heavy (non-hydrogen) atoms. The second-order valence-corrected chi connectivity index (χ2v) is 4.28. The van der Waals surface area contributed by atoms with Crippen LogP contribution >= 0.6 is 0 Å². The molecule has 0 aliphatic carbocycles. The molecule has 90 valence electrons. The van der Waals surface area contributed by atoms with E-state index in [4.69, 9.17) is 0 Å². The molecule has 2 N–H and O–H groups in total. The first-order chi connectivity index (χ1) is 7.74. The zero-order valence-corrected chi connectivity index (χ0v) is 10.8. The van der Waals surface area contributed by atoms with Crippen molar-refractivity contribution in [1.82, 2.24) is 10.6 Å². The molecular weight excluding hydrogens is 196 g/mol. The van der Waals surface area contributed by atoms with Gasteiger partial charge in [0, 0.05) is 13.1 Å². The molecule has 0 amide bonds. The highest BCUT2D eigenvalue weighted by molar-refractivity contribution is 5.30. The molecule has 0 spiro atoms. The van der Waals surface area contributed by atoms with Gasteiger partial charge in [0.1, 0.15) is 0 Å². The summed E-state index contributed by atoms with van der Waals surface area (Å²) in [6.45, 7) is 10.7. The zero-order chi connectivity index (χ0) is 11.8. The van der Waals surface area contributed by atoms with Crippen LogP contribution in [0.1, 0.15) is 23.6 Å². The molecule has 2 nitrogen and oxygen atoms in total. The fraction of sp³-hybridized carbons (Fsp3) is 0.571. The van der Waals surface area contributed by atoms with E-state index in [1.807, 2.05) is 0 Å². The quantitative estimate of drug-likeness (QED) is 0.687. The van der Waals surface area contributed by atoms with Crippen LogP contribution in [0.2, 0.25) is 0 Å². The monoisotopic (exact) mass is 220 g/mol. The lowest BCUT2D eigenvalue weighted by molar-refractivity contribution is 0.624. The van der Waals surface area contributed by atoms with Crippen molar-refractivity contribution in [2.45, 2.75) is 27.2 Å². The van der Waals surface area contributed by atoms with Gasteiger partial charge in [0.05, 0.1) is 0 Å². The van der Waals surface area contributed by atoms with E-state index in [9.17, 15) is 0 Å². The SMILES string of the molecule is CCNCCNCCc1ccc(C)cc1C. The predicted octanol–water partition coefficient (Wildman–Crippen LogP) is 2.05. The molecule has 0 radical (unpaired) electrons. The molecule has 0 bridgehead atoms. The fourth-order valence-electron chi connectivity index (χ4n) is 1.83. The van der Waals surface area contributed by atoms with Crippen LogP contribution in [-0.2, 0) is 6.42 Å². The summed E-state index contributed by atoms with van der Waals surface area (Å²) in [5, 5.41) is 6.75. The van der Waals surface area contributed by atoms with Gasteiger partial charge in [0.2, 0.25) is 0 Å². The third-order valence-electron chi connectivity index (χ3n) is 2.80. The summed E-state index contributed by atoms with van der Waals surface area (Å²) in [6.07, 6.45) is 1.12. The van der Waals surface area contributed by atoms with E-state index >= 15 is 0 Å². The van der Waals surface area contributed by atoms with Gasteiger partial charge in [0.25, 0.3) is 0 Å². The van der Waals surface area contributed by atoms with Crippen molar-refractivity contribution < 1.29 is 0 Å². The third kappa shape index (κ3) is 4.77. The maximum atomic E-state index is 3.45. The molecule has 0 aliphatic heterocycles. The van der Waals surface area contributed by atoms with Crippen molar-refractivity contribution >= 4 is 0 Å². The van der Waals surface area contributed by atoms with E-state index in [0.717, 1.165) is 32.6 Å². The molecular formula is C14H24N2. The second-order valence-electron chi connectivity index (χ2n) is 4.28. The first kappa shape index (κ1) is 13.2. The standard InChI is InChI=1S/C14H24N2/c1-4-15-9-10-16-8-7-14-6-5-12(2)11-13(14)3/h5-6,11,15-16H,4,7-10H2,1-3H3. The van der Waals surface area contributed by atoms with E-state index in [2.05, 4.69) is 49.6 Å². The van der Waals surface area contributed by atoms with Crippen molar-refractivity contribution in [1.29, 1.82) is 0 Å². The molecule has 1 aromatic carbocycles. The van der Waals surface area contributed by atoms with Gasteiger partial charge in [0.15, 0.2) is 0 Å². The lowest BCUT2D eigenvalue weighted by atomic mass is 10.0. The molecule has 0 heterocycles. The molecule has 0 saturated carbocycles. The number of rotatable bonds is 7. The molecule has 1 rings (SSSR count). The minimum atomic E-state index is 1.05. The van der Waals surface area contributed by atoms with Crippen LogP contribution in [0.15, 0.2) is 18.2 Å². The highest BCUT2D eigenvalue weighted by Gasteiger charge is 1.97. The Balaban J connectivity index is 2.21. The Bertz CT molecular complexity index is 308. The van der Waals surface area contributed by atoms with Gasteiger partial charge in [-0.3, -0.25) is 0 Å². The number of nitrogens with one attached hydrogen (secondary N) is 2. The Morgan fingerprint density at radius 3 is 2.44 bits per heavy atom. The maximum absolute atomic E-state index is 3.45. The van der Waals surface area contributed by atoms with Crippen LogP contribution in [-0.4, -0.2) is 26.2 Å². The number of likely N-dealkylation sites (N-methyl/N-ethyl adjacent to an activating group) is 1. The lowest BCUT2D eigenvalue weighted by Crippen LogP contribution is -2.28. The highest BCUT2D eigenvalue weighted by Crippen LogP contribution is 2.10. The molecule has 0 atom stereocenters. The van der Waals surface area contributed by atoms with E-state index in [1.54, 1.807) is 0 Å². The number of hydrogen-bond acceptors (Lipinski definition) is 2. The highest BCUT2D eigenvalue weighted by atomic mass is 14.9. The first-order valence-corrected chi connectivity index (χ1v) is 6.21. The van der Waals surface area contributed by atoms with Crippen molar-refractivity contribution in [3.63, 3.8) is 0 Å². The van der Waals surface area contributed by atoms with Gasteiger partial charge >= 0.3 is 0 Å². The molecule has 1 aromatic rings.